The number of hydrogen-bond acceptors (Lipinski definition) is 4. The Hall–Kier alpha value is -1.84. The Morgan fingerprint density at radius 2 is 2.23 bits per heavy atom. The molecular formula is C9H9N3O. The van der Waals surface area contributed by atoms with Crippen molar-refractivity contribution in [2.45, 2.75) is 0 Å². The molecule has 2 N–H and O–H groups in total. The van der Waals surface area contributed by atoms with Crippen molar-refractivity contribution in [3.8, 4) is 5.75 Å². The Kier molecular flexibility index (Phi) is 1.73. The maximum absolute atomic E-state index is 5.45. The number of nitrogens with zero attached hydrogens (tertiary/aromatic N) is 2. The lowest BCUT2D eigenvalue weighted by Crippen LogP contribution is -1.95. The van der Waals surface area contributed by atoms with E-state index in [2.05, 4.69) is 9.97 Å². The summed E-state index contributed by atoms with van der Waals surface area (Å²) < 4.78 is 5.15. The number of anilines is 1. The van der Waals surface area contributed by atoms with Gasteiger partial charge in [0, 0.05) is 6.20 Å². The Bertz CT molecular complexity index is 442. The predicted molar refractivity (Wildman–Crippen MR) is 50.5 cm³/mol. The van der Waals surface area contributed by atoms with Gasteiger partial charge in [0.15, 0.2) is 0 Å². The zero-order chi connectivity index (χ0) is 9.26. The van der Waals surface area contributed by atoms with Crippen LogP contribution in [-0.4, -0.2) is 17.1 Å². The van der Waals surface area contributed by atoms with E-state index in [0.717, 1.165) is 16.7 Å². The molecule has 0 saturated heterocycles. The molecule has 1 aromatic heterocycles. The van der Waals surface area contributed by atoms with Crippen LogP contribution in [0.1, 0.15) is 0 Å². The highest BCUT2D eigenvalue weighted by Gasteiger charge is 2.01. The molecule has 0 amide bonds. The maximum Gasteiger partial charge on any atom is 0.220 e. The van der Waals surface area contributed by atoms with Crippen molar-refractivity contribution in [1.82, 2.24) is 9.97 Å². The first-order chi connectivity index (χ1) is 6.31. The van der Waals surface area contributed by atoms with E-state index < -0.39 is 0 Å². The molecule has 0 atom stereocenters. The molecule has 4 heteroatoms. The van der Waals surface area contributed by atoms with E-state index >= 15 is 0 Å². The fourth-order valence-corrected chi connectivity index (χ4v) is 1.22. The average molecular weight is 175 g/mol. The minimum absolute atomic E-state index is 0.278. The van der Waals surface area contributed by atoms with Crippen LogP contribution in [0.3, 0.4) is 0 Å². The van der Waals surface area contributed by atoms with Gasteiger partial charge in [0.1, 0.15) is 5.75 Å². The molecule has 2 aromatic rings. The lowest BCUT2D eigenvalue weighted by molar-refractivity contribution is 0.419. The fraction of sp³-hybridized carbons (Fsp3) is 0.111. The Morgan fingerprint density at radius 3 is 3.00 bits per heavy atom. The van der Waals surface area contributed by atoms with Gasteiger partial charge in [-0.15, -0.1) is 0 Å². The van der Waals surface area contributed by atoms with Crippen LogP contribution in [0.15, 0.2) is 24.4 Å². The van der Waals surface area contributed by atoms with Crippen molar-refractivity contribution in [2.75, 3.05) is 12.8 Å². The van der Waals surface area contributed by atoms with Gasteiger partial charge < -0.3 is 10.5 Å². The Balaban J connectivity index is 2.77. The minimum Gasteiger partial charge on any atom is -0.496 e. The van der Waals surface area contributed by atoms with Crippen LogP contribution in [0.2, 0.25) is 0 Å². The van der Waals surface area contributed by atoms with Gasteiger partial charge in [-0.2, -0.15) is 0 Å². The highest BCUT2D eigenvalue weighted by molar-refractivity contribution is 5.84. The first kappa shape index (κ1) is 7.79. The number of ether oxygens (including phenoxy) is 1. The first-order valence-electron chi connectivity index (χ1n) is 3.86. The molecule has 4 nitrogen and oxygen atoms in total. The number of rotatable bonds is 1. The van der Waals surface area contributed by atoms with E-state index in [0.29, 0.717) is 0 Å². The molecule has 1 aromatic carbocycles. The van der Waals surface area contributed by atoms with Gasteiger partial charge in [0.2, 0.25) is 5.95 Å². The van der Waals surface area contributed by atoms with E-state index in [9.17, 15) is 0 Å². The molecule has 0 unspecified atom stereocenters. The van der Waals surface area contributed by atoms with Gasteiger partial charge in [-0.1, -0.05) is 6.07 Å². The second-order valence-electron chi connectivity index (χ2n) is 2.62. The van der Waals surface area contributed by atoms with Crippen LogP contribution in [0.25, 0.3) is 10.9 Å². The molecule has 66 valence electrons. The van der Waals surface area contributed by atoms with Gasteiger partial charge >= 0.3 is 0 Å². The topological polar surface area (TPSA) is 61.0 Å². The molecule has 1 heterocycles. The lowest BCUT2D eigenvalue weighted by Gasteiger charge is -2.03. The summed E-state index contributed by atoms with van der Waals surface area (Å²) >= 11 is 0. The quantitative estimate of drug-likeness (QED) is 0.707. The minimum atomic E-state index is 0.278. The summed E-state index contributed by atoms with van der Waals surface area (Å²) in [6.45, 7) is 0. The van der Waals surface area contributed by atoms with E-state index in [-0.39, 0.29) is 5.95 Å². The van der Waals surface area contributed by atoms with Crippen LogP contribution in [0.5, 0.6) is 5.75 Å². The number of hydrogen-bond donors (Lipinski definition) is 1. The van der Waals surface area contributed by atoms with Crippen molar-refractivity contribution in [3.63, 3.8) is 0 Å². The van der Waals surface area contributed by atoms with Gasteiger partial charge in [0.05, 0.1) is 18.0 Å². The average Bonchev–Trinajstić information content (AvgIpc) is 2.16. The van der Waals surface area contributed by atoms with Gasteiger partial charge in [-0.3, -0.25) is 0 Å². The summed E-state index contributed by atoms with van der Waals surface area (Å²) in [5.74, 6) is 1.04. The van der Waals surface area contributed by atoms with E-state index in [4.69, 9.17) is 10.5 Å². The second-order valence-corrected chi connectivity index (χ2v) is 2.62. The third kappa shape index (κ3) is 1.26. The van der Waals surface area contributed by atoms with Gasteiger partial charge in [-0.25, -0.2) is 9.97 Å². The SMILES string of the molecule is COc1cccc2nc(N)ncc12. The first-order valence-corrected chi connectivity index (χ1v) is 3.86. The van der Waals surface area contributed by atoms with Crippen LogP contribution < -0.4 is 10.5 Å². The molecule has 0 radical (unpaired) electrons. The Morgan fingerprint density at radius 1 is 1.38 bits per heavy atom. The largest absolute Gasteiger partial charge is 0.496 e. The summed E-state index contributed by atoms with van der Waals surface area (Å²) in [5.41, 5.74) is 6.25. The van der Waals surface area contributed by atoms with Crippen molar-refractivity contribution in [1.29, 1.82) is 0 Å². The van der Waals surface area contributed by atoms with E-state index in [1.54, 1.807) is 13.3 Å². The number of nitrogens with two attached hydrogens (primary N) is 1. The van der Waals surface area contributed by atoms with E-state index in [1.807, 2.05) is 18.2 Å². The smallest absolute Gasteiger partial charge is 0.220 e. The van der Waals surface area contributed by atoms with Crippen molar-refractivity contribution >= 4 is 16.9 Å². The molecule has 0 aliphatic carbocycles. The van der Waals surface area contributed by atoms with Crippen molar-refractivity contribution in [2.24, 2.45) is 0 Å². The standard InChI is InChI=1S/C9H9N3O/c1-13-8-4-2-3-7-6(8)5-11-9(10)12-7/h2-5H,1H3,(H2,10,11,12). The molecule has 0 fully saturated rings. The summed E-state index contributed by atoms with van der Waals surface area (Å²) in [4.78, 5) is 7.97. The zero-order valence-electron chi connectivity index (χ0n) is 7.19. The highest BCUT2D eigenvalue weighted by Crippen LogP contribution is 2.22. The zero-order valence-corrected chi connectivity index (χ0v) is 7.19. The number of aromatic nitrogens is 2. The molecule has 0 bridgehead atoms. The number of methoxy groups -OCH3 is 1. The summed E-state index contributed by atoms with van der Waals surface area (Å²) in [6.07, 6.45) is 1.66. The van der Waals surface area contributed by atoms with Crippen LogP contribution in [0.4, 0.5) is 5.95 Å². The molecule has 0 saturated carbocycles. The van der Waals surface area contributed by atoms with Crippen LogP contribution in [0, 0.1) is 0 Å². The van der Waals surface area contributed by atoms with Gasteiger partial charge in [-0.05, 0) is 12.1 Å². The van der Waals surface area contributed by atoms with Crippen LogP contribution in [-0.2, 0) is 0 Å². The van der Waals surface area contributed by atoms with E-state index in [1.165, 1.54) is 0 Å². The number of benzene rings is 1. The Labute approximate surface area is 75.4 Å². The highest BCUT2D eigenvalue weighted by atomic mass is 16.5. The number of fused-ring (bicyclic) bond motifs is 1. The van der Waals surface area contributed by atoms with Crippen LogP contribution >= 0.6 is 0 Å². The fourth-order valence-electron chi connectivity index (χ4n) is 1.22. The third-order valence-electron chi connectivity index (χ3n) is 1.82. The summed E-state index contributed by atoms with van der Waals surface area (Å²) in [5, 5.41) is 0.874. The van der Waals surface area contributed by atoms with Gasteiger partial charge in [0.25, 0.3) is 0 Å². The lowest BCUT2D eigenvalue weighted by atomic mass is 10.2. The van der Waals surface area contributed by atoms with Crippen molar-refractivity contribution in [3.05, 3.63) is 24.4 Å². The molecule has 2 rings (SSSR count). The summed E-state index contributed by atoms with van der Waals surface area (Å²) in [6, 6.07) is 5.60. The predicted octanol–water partition coefficient (Wildman–Crippen LogP) is 1.22. The number of nitrogen functional groups attached to an aromatic ring is 1. The monoisotopic (exact) mass is 175 g/mol. The third-order valence-corrected chi connectivity index (χ3v) is 1.82. The van der Waals surface area contributed by atoms with Crippen molar-refractivity contribution < 1.29 is 4.74 Å². The normalized spacial score (nSPS) is 10.2. The molecular weight excluding hydrogens is 166 g/mol. The maximum atomic E-state index is 5.45. The second kappa shape index (κ2) is 2.90. The summed E-state index contributed by atoms with van der Waals surface area (Å²) in [7, 11) is 1.62. The molecule has 0 spiro atoms. The molecule has 0 aliphatic heterocycles. The molecule has 13 heavy (non-hydrogen) atoms. The molecule has 0 aliphatic rings.